The third-order valence-electron chi connectivity index (χ3n) is 7.65. The van der Waals surface area contributed by atoms with Gasteiger partial charge in [0.15, 0.2) is 5.60 Å². The van der Waals surface area contributed by atoms with Gasteiger partial charge in [-0.15, -0.1) is 0 Å². The average molecular weight is 292 g/mol. The molecule has 118 valence electrons. The van der Waals surface area contributed by atoms with Gasteiger partial charge in [-0.25, -0.2) is 0 Å². The molecule has 0 aromatic carbocycles. The molecule has 21 heavy (non-hydrogen) atoms. The van der Waals surface area contributed by atoms with Crippen molar-refractivity contribution in [3.63, 3.8) is 0 Å². The predicted octanol–water partition coefficient (Wildman–Crippen LogP) is 1.75. The predicted molar refractivity (Wildman–Crippen MR) is 80.9 cm³/mol. The zero-order valence-electron chi connectivity index (χ0n) is 13.7. The molecule has 0 aromatic rings. The molecule has 4 aliphatic rings. The number of amides is 1. The molecule has 4 nitrogen and oxygen atoms in total. The first kappa shape index (κ1) is 14.0. The van der Waals surface area contributed by atoms with Gasteiger partial charge in [-0.05, 0) is 31.7 Å². The molecule has 0 aromatic heterocycles. The zero-order valence-corrected chi connectivity index (χ0v) is 13.7. The molecule has 1 amide bonds. The van der Waals surface area contributed by atoms with Gasteiger partial charge in [0.2, 0.25) is 0 Å². The SMILES string of the molecule is CCN1CCN(C(=O)C23CC4CCC2(C)C4(C)CO3)CC1. The highest BCUT2D eigenvalue weighted by Crippen LogP contribution is 2.75. The second-order valence-corrected chi connectivity index (χ2v) is 8.03. The molecule has 2 saturated carbocycles. The minimum Gasteiger partial charge on any atom is -0.364 e. The molecule has 2 aliphatic heterocycles. The van der Waals surface area contributed by atoms with E-state index < -0.39 is 5.60 Å². The second kappa shape index (κ2) is 4.23. The van der Waals surface area contributed by atoms with E-state index in [2.05, 4.69) is 30.6 Å². The zero-order chi connectivity index (χ0) is 14.9. The summed E-state index contributed by atoms with van der Waals surface area (Å²) >= 11 is 0. The lowest BCUT2D eigenvalue weighted by Gasteiger charge is -2.45. The quantitative estimate of drug-likeness (QED) is 0.777. The van der Waals surface area contributed by atoms with Crippen LogP contribution in [0.1, 0.15) is 40.0 Å². The van der Waals surface area contributed by atoms with Crippen LogP contribution in [0.3, 0.4) is 0 Å². The van der Waals surface area contributed by atoms with Gasteiger partial charge in [-0.3, -0.25) is 4.79 Å². The lowest BCUT2D eigenvalue weighted by molar-refractivity contribution is -0.168. The molecule has 0 radical (unpaired) electrons. The molecule has 2 saturated heterocycles. The lowest BCUT2D eigenvalue weighted by Crippen LogP contribution is -2.60. The molecule has 0 spiro atoms. The number of carbonyl (C=O) groups excluding carboxylic acids is 1. The first-order valence-corrected chi connectivity index (χ1v) is 8.62. The Morgan fingerprint density at radius 1 is 1.24 bits per heavy atom. The van der Waals surface area contributed by atoms with Crippen molar-refractivity contribution in [3.05, 3.63) is 0 Å². The minimum atomic E-state index is -0.501. The van der Waals surface area contributed by atoms with Crippen LogP contribution in [0.4, 0.5) is 0 Å². The Morgan fingerprint density at radius 2 is 1.95 bits per heavy atom. The first-order valence-electron chi connectivity index (χ1n) is 8.62. The Morgan fingerprint density at radius 3 is 2.52 bits per heavy atom. The molecule has 4 bridgehead atoms. The molecule has 4 unspecified atom stereocenters. The summed E-state index contributed by atoms with van der Waals surface area (Å²) in [6.45, 7) is 12.5. The van der Waals surface area contributed by atoms with E-state index in [-0.39, 0.29) is 10.8 Å². The topological polar surface area (TPSA) is 32.8 Å². The molecule has 2 aliphatic carbocycles. The third-order valence-corrected chi connectivity index (χ3v) is 7.65. The number of hydrogen-bond acceptors (Lipinski definition) is 3. The van der Waals surface area contributed by atoms with Crippen molar-refractivity contribution in [3.8, 4) is 0 Å². The standard InChI is InChI=1S/C17H28N2O2/c1-4-18-7-9-19(10-8-18)14(20)17-11-13-5-6-16(17,3)15(13,2)12-21-17/h13H,4-12H2,1-3H3. The Balaban J connectivity index is 1.58. The third kappa shape index (κ3) is 1.46. The second-order valence-electron chi connectivity index (χ2n) is 8.03. The van der Waals surface area contributed by atoms with E-state index in [1.165, 1.54) is 6.42 Å². The van der Waals surface area contributed by atoms with Gasteiger partial charge < -0.3 is 14.5 Å². The Kier molecular flexibility index (Phi) is 2.82. The average Bonchev–Trinajstić information content (AvgIpc) is 2.98. The highest BCUT2D eigenvalue weighted by atomic mass is 16.5. The van der Waals surface area contributed by atoms with Gasteiger partial charge in [0.1, 0.15) is 0 Å². The maximum absolute atomic E-state index is 13.3. The molecule has 2 heterocycles. The Labute approximate surface area is 127 Å². The van der Waals surface area contributed by atoms with E-state index in [4.69, 9.17) is 4.74 Å². The van der Waals surface area contributed by atoms with E-state index in [9.17, 15) is 4.79 Å². The largest absolute Gasteiger partial charge is 0.364 e. The summed E-state index contributed by atoms with van der Waals surface area (Å²) in [6, 6.07) is 0. The van der Waals surface area contributed by atoms with Crippen LogP contribution < -0.4 is 0 Å². The van der Waals surface area contributed by atoms with Crippen LogP contribution in [0.5, 0.6) is 0 Å². The molecule has 4 rings (SSSR count). The van der Waals surface area contributed by atoms with Gasteiger partial charge in [-0.2, -0.15) is 0 Å². The number of carbonyl (C=O) groups is 1. The molecule has 4 heteroatoms. The summed E-state index contributed by atoms with van der Waals surface area (Å²) in [4.78, 5) is 17.8. The number of likely N-dealkylation sites (N-methyl/N-ethyl adjacent to an activating group) is 1. The van der Waals surface area contributed by atoms with Crippen molar-refractivity contribution < 1.29 is 9.53 Å². The van der Waals surface area contributed by atoms with Crippen molar-refractivity contribution in [2.45, 2.75) is 45.6 Å². The van der Waals surface area contributed by atoms with Gasteiger partial charge in [0.25, 0.3) is 5.91 Å². The van der Waals surface area contributed by atoms with Crippen LogP contribution in [-0.4, -0.2) is 60.6 Å². The van der Waals surface area contributed by atoms with Crippen LogP contribution in [-0.2, 0) is 9.53 Å². The maximum atomic E-state index is 13.3. The van der Waals surface area contributed by atoms with Crippen molar-refractivity contribution >= 4 is 5.91 Å². The van der Waals surface area contributed by atoms with Crippen molar-refractivity contribution in [2.24, 2.45) is 16.7 Å². The normalized spacial score (nSPS) is 49.1. The maximum Gasteiger partial charge on any atom is 0.255 e. The van der Waals surface area contributed by atoms with Crippen molar-refractivity contribution in [2.75, 3.05) is 39.3 Å². The van der Waals surface area contributed by atoms with Gasteiger partial charge in [-0.1, -0.05) is 20.8 Å². The summed E-state index contributed by atoms with van der Waals surface area (Å²) in [5.41, 5.74) is -0.212. The summed E-state index contributed by atoms with van der Waals surface area (Å²) < 4.78 is 6.24. The Hall–Kier alpha value is -0.610. The molecular weight excluding hydrogens is 264 g/mol. The number of hydrogen-bond donors (Lipinski definition) is 0. The Bertz CT molecular complexity index is 473. The molecule has 4 fully saturated rings. The van der Waals surface area contributed by atoms with E-state index >= 15 is 0 Å². The molecule has 0 N–H and O–H groups in total. The lowest BCUT2D eigenvalue weighted by atomic mass is 9.66. The van der Waals surface area contributed by atoms with E-state index in [0.717, 1.165) is 52.2 Å². The highest BCUT2D eigenvalue weighted by Gasteiger charge is 2.78. The van der Waals surface area contributed by atoms with Gasteiger partial charge in [0.05, 0.1) is 6.61 Å². The summed E-state index contributed by atoms with van der Waals surface area (Å²) in [5, 5.41) is 0. The van der Waals surface area contributed by atoms with Crippen LogP contribution in [0.15, 0.2) is 0 Å². The molecule has 4 atom stereocenters. The molecular formula is C17H28N2O2. The summed E-state index contributed by atoms with van der Waals surface area (Å²) in [7, 11) is 0. The van der Waals surface area contributed by atoms with Gasteiger partial charge >= 0.3 is 0 Å². The number of nitrogens with zero attached hydrogens (tertiary/aromatic N) is 2. The van der Waals surface area contributed by atoms with E-state index in [0.29, 0.717) is 11.8 Å². The number of ether oxygens (including phenoxy) is 1. The van der Waals surface area contributed by atoms with E-state index in [1.807, 2.05) is 0 Å². The van der Waals surface area contributed by atoms with Crippen LogP contribution in [0.25, 0.3) is 0 Å². The van der Waals surface area contributed by atoms with Crippen molar-refractivity contribution in [1.82, 2.24) is 9.80 Å². The summed E-state index contributed by atoms with van der Waals surface area (Å²) in [5.74, 6) is 0.990. The van der Waals surface area contributed by atoms with Crippen molar-refractivity contribution in [1.29, 1.82) is 0 Å². The van der Waals surface area contributed by atoms with Gasteiger partial charge in [0, 0.05) is 37.0 Å². The fourth-order valence-corrected chi connectivity index (χ4v) is 5.76. The van der Waals surface area contributed by atoms with Crippen LogP contribution in [0, 0.1) is 16.7 Å². The number of piperazine rings is 1. The van der Waals surface area contributed by atoms with Crippen LogP contribution in [0.2, 0.25) is 0 Å². The number of rotatable bonds is 2. The van der Waals surface area contributed by atoms with Crippen LogP contribution >= 0.6 is 0 Å². The van der Waals surface area contributed by atoms with E-state index in [1.54, 1.807) is 0 Å². The highest BCUT2D eigenvalue weighted by molar-refractivity contribution is 5.88. The monoisotopic (exact) mass is 292 g/mol. The fraction of sp³-hybridized carbons (Fsp3) is 0.941. The smallest absolute Gasteiger partial charge is 0.255 e. The fourth-order valence-electron chi connectivity index (χ4n) is 5.76. The minimum absolute atomic E-state index is 0.0592. The first-order chi connectivity index (χ1) is 9.97. The summed E-state index contributed by atoms with van der Waals surface area (Å²) in [6.07, 6.45) is 3.41.